The lowest BCUT2D eigenvalue weighted by Crippen LogP contribution is -2.21. The van der Waals surface area contributed by atoms with Gasteiger partial charge in [-0.05, 0) is 38.4 Å². The minimum Gasteiger partial charge on any atom is -0.312 e. The maximum Gasteiger partial charge on any atom is 0.159 e. The second kappa shape index (κ2) is 6.76. The predicted octanol–water partition coefficient (Wildman–Crippen LogP) is 3.65. The Morgan fingerprint density at radius 2 is 1.81 bits per heavy atom. The minimum atomic E-state index is -0.269. The zero-order valence-electron chi connectivity index (χ0n) is 13.1. The number of hydrogen-bond acceptors (Lipinski definition) is 3. The molecule has 2 aromatic rings. The first-order chi connectivity index (χ1) is 9.97. The Labute approximate surface area is 125 Å². The van der Waals surface area contributed by atoms with E-state index in [1.807, 2.05) is 19.9 Å². The van der Waals surface area contributed by atoms with Gasteiger partial charge in [0, 0.05) is 29.1 Å². The van der Waals surface area contributed by atoms with Crippen molar-refractivity contribution in [2.24, 2.45) is 5.92 Å². The summed E-state index contributed by atoms with van der Waals surface area (Å²) in [4.78, 5) is 9.05. The summed E-state index contributed by atoms with van der Waals surface area (Å²) >= 11 is 0. The molecule has 2 rings (SSSR count). The molecule has 1 aromatic carbocycles. The van der Waals surface area contributed by atoms with Crippen LogP contribution in [0.15, 0.2) is 24.3 Å². The fourth-order valence-corrected chi connectivity index (χ4v) is 2.24. The smallest absolute Gasteiger partial charge is 0.159 e. The summed E-state index contributed by atoms with van der Waals surface area (Å²) in [6, 6.07) is 6.39. The molecule has 1 N–H and O–H groups in total. The van der Waals surface area contributed by atoms with Crippen LogP contribution in [0.3, 0.4) is 0 Å². The molecule has 1 aromatic heterocycles. The van der Waals surface area contributed by atoms with Crippen LogP contribution in [-0.2, 0) is 6.54 Å². The molecule has 0 amide bonds. The average Bonchev–Trinajstić information content (AvgIpc) is 2.41. The van der Waals surface area contributed by atoms with Gasteiger partial charge >= 0.3 is 0 Å². The largest absolute Gasteiger partial charge is 0.312 e. The van der Waals surface area contributed by atoms with Gasteiger partial charge < -0.3 is 5.32 Å². The summed E-state index contributed by atoms with van der Waals surface area (Å²) in [5.74, 6) is 0.921. The lowest BCUT2D eigenvalue weighted by Gasteiger charge is -2.13. The molecular weight excluding hydrogens is 265 g/mol. The summed E-state index contributed by atoms with van der Waals surface area (Å²) < 4.78 is 13.3. The lowest BCUT2D eigenvalue weighted by atomic mass is 10.1. The van der Waals surface area contributed by atoms with Crippen LogP contribution in [-0.4, -0.2) is 16.5 Å². The monoisotopic (exact) mass is 287 g/mol. The third-order valence-electron chi connectivity index (χ3n) is 3.36. The van der Waals surface area contributed by atoms with E-state index in [1.54, 1.807) is 6.07 Å². The Hall–Kier alpha value is -1.81. The van der Waals surface area contributed by atoms with Gasteiger partial charge in [-0.25, -0.2) is 14.4 Å². The van der Waals surface area contributed by atoms with Crippen molar-refractivity contribution in [3.8, 4) is 11.4 Å². The van der Waals surface area contributed by atoms with Crippen molar-refractivity contribution in [2.75, 3.05) is 6.54 Å². The predicted molar refractivity (Wildman–Crippen MR) is 83.4 cm³/mol. The Bertz CT molecular complexity index is 600. The number of benzene rings is 1. The number of halogens is 1. The van der Waals surface area contributed by atoms with Crippen LogP contribution in [0, 0.1) is 25.6 Å². The molecule has 0 spiro atoms. The number of rotatable bonds is 5. The molecule has 0 aliphatic heterocycles. The molecule has 0 aliphatic rings. The summed E-state index contributed by atoms with van der Waals surface area (Å²) in [7, 11) is 0. The van der Waals surface area contributed by atoms with Gasteiger partial charge in [0.2, 0.25) is 0 Å². The molecular formula is C17H22FN3. The van der Waals surface area contributed by atoms with Crippen molar-refractivity contribution in [3.63, 3.8) is 0 Å². The van der Waals surface area contributed by atoms with Crippen LogP contribution >= 0.6 is 0 Å². The summed E-state index contributed by atoms with van der Waals surface area (Å²) in [5, 5.41) is 3.41. The van der Waals surface area contributed by atoms with Crippen LogP contribution in [0.1, 0.15) is 30.8 Å². The van der Waals surface area contributed by atoms with E-state index in [2.05, 4.69) is 29.1 Å². The first-order valence-corrected chi connectivity index (χ1v) is 7.28. The molecule has 0 bridgehead atoms. The number of nitrogens with zero attached hydrogens (tertiary/aromatic N) is 2. The highest BCUT2D eigenvalue weighted by Gasteiger charge is 2.10. The van der Waals surface area contributed by atoms with Gasteiger partial charge in [-0.1, -0.05) is 26.0 Å². The quantitative estimate of drug-likeness (QED) is 0.912. The van der Waals surface area contributed by atoms with E-state index in [1.165, 1.54) is 12.1 Å². The van der Waals surface area contributed by atoms with Crippen molar-refractivity contribution in [1.29, 1.82) is 0 Å². The number of hydrogen-bond donors (Lipinski definition) is 1. The van der Waals surface area contributed by atoms with Gasteiger partial charge in [0.05, 0.1) is 0 Å². The standard InChI is InChI=1S/C17H22FN3/c1-11(2)9-19-10-16-12(3)20-17(21-13(16)4)14-6-5-7-15(18)8-14/h5-8,11,19H,9-10H2,1-4H3. The van der Waals surface area contributed by atoms with E-state index in [0.29, 0.717) is 17.3 Å². The highest BCUT2D eigenvalue weighted by atomic mass is 19.1. The topological polar surface area (TPSA) is 37.8 Å². The van der Waals surface area contributed by atoms with Crippen LogP contribution in [0.5, 0.6) is 0 Å². The van der Waals surface area contributed by atoms with Crippen LogP contribution in [0.2, 0.25) is 0 Å². The Morgan fingerprint density at radius 3 is 2.38 bits per heavy atom. The van der Waals surface area contributed by atoms with Crippen molar-refractivity contribution < 1.29 is 4.39 Å². The molecule has 0 saturated carbocycles. The molecule has 3 nitrogen and oxygen atoms in total. The van der Waals surface area contributed by atoms with Crippen molar-refractivity contribution >= 4 is 0 Å². The molecule has 0 fully saturated rings. The zero-order chi connectivity index (χ0) is 15.4. The maximum absolute atomic E-state index is 13.3. The summed E-state index contributed by atoms with van der Waals surface area (Å²) in [5.41, 5.74) is 3.72. The third kappa shape index (κ3) is 4.08. The number of aryl methyl sites for hydroxylation is 2. The fourth-order valence-electron chi connectivity index (χ4n) is 2.24. The van der Waals surface area contributed by atoms with Gasteiger partial charge in [-0.3, -0.25) is 0 Å². The number of aromatic nitrogens is 2. The van der Waals surface area contributed by atoms with E-state index in [4.69, 9.17) is 0 Å². The first-order valence-electron chi connectivity index (χ1n) is 7.28. The molecule has 0 saturated heterocycles. The van der Waals surface area contributed by atoms with E-state index in [0.717, 1.165) is 30.0 Å². The van der Waals surface area contributed by atoms with E-state index >= 15 is 0 Å². The average molecular weight is 287 g/mol. The highest BCUT2D eigenvalue weighted by Crippen LogP contribution is 2.19. The van der Waals surface area contributed by atoms with Gasteiger partial charge in [-0.2, -0.15) is 0 Å². The van der Waals surface area contributed by atoms with E-state index in [9.17, 15) is 4.39 Å². The third-order valence-corrected chi connectivity index (χ3v) is 3.36. The van der Waals surface area contributed by atoms with Crippen LogP contribution in [0.25, 0.3) is 11.4 Å². The molecule has 0 radical (unpaired) electrons. The Balaban J connectivity index is 2.24. The van der Waals surface area contributed by atoms with E-state index in [-0.39, 0.29) is 5.82 Å². The normalized spacial score (nSPS) is 11.1. The molecule has 112 valence electrons. The second-order valence-electron chi connectivity index (χ2n) is 5.73. The van der Waals surface area contributed by atoms with Crippen molar-refractivity contribution in [3.05, 3.63) is 47.0 Å². The summed E-state index contributed by atoms with van der Waals surface area (Å²) in [6.45, 7) is 10.0. The molecule has 0 aliphatic carbocycles. The molecule has 21 heavy (non-hydrogen) atoms. The number of nitrogens with one attached hydrogen (secondary N) is 1. The van der Waals surface area contributed by atoms with Crippen LogP contribution in [0.4, 0.5) is 4.39 Å². The molecule has 1 heterocycles. The SMILES string of the molecule is Cc1nc(-c2cccc(F)c2)nc(C)c1CNCC(C)C. The van der Waals surface area contributed by atoms with E-state index < -0.39 is 0 Å². The molecule has 0 unspecified atom stereocenters. The van der Waals surface area contributed by atoms with Gasteiger partial charge in [0.15, 0.2) is 5.82 Å². The Kier molecular flexibility index (Phi) is 5.02. The van der Waals surface area contributed by atoms with Crippen LogP contribution < -0.4 is 5.32 Å². The zero-order valence-corrected chi connectivity index (χ0v) is 13.1. The molecule has 0 atom stereocenters. The summed E-state index contributed by atoms with van der Waals surface area (Å²) in [6.07, 6.45) is 0. The highest BCUT2D eigenvalue weighted by molar-refractivity contribution is 5.55. The van der Waals surface area contributed by atoms with Crippen molar-refractivity contribution in [2.45, 2.75) is 34.2 Å². The van der Waals surface area contributed by atoms with Crippen molar-refractivity contribution in [1.82, 2.24) is 15.3 Å². The first kappa shape index (κ1) is 15.6. The Morgan fingerprint density at radius 1 is 1.14 bits per heavy atom. The minimum absolute atomic E-state index is 0.269. The second-order valence-corrected chi connectivity index (χ2v) is 5.73. The maximum atomic E-state index is 13.3. The fraction of sp³-hybridized carbons (Fsp3) is 0.412. The van der Waals surface area contributed by atoms with Gasteiger partial charge in [0.25, 0.3) is 0 Å². The lowest BCUT2D eigenvalue weighted by molar-refractivity contribution is 0.549. The van der Waals surface area contributed by atoms with Gasteiger partial charge in [-0.15, -0.1) is 0 Å². The van der Waals surface area contributed by atoms with Gasteiger partial charge in [0.1, 0.15) is 5.82 Å². The molecule has 4 heteroatoms.